The molecule has 1 unspecified atom stereocenters. The van der Waals surface area contributed by atoms with Crippen LogP contribution >= 0.6 is 11.8 Å². The van der Waals surface area contributed by atoms with Gasteiger partial charge in [-0.3, -0.25) is 9.59 Å². The Labute approximate surface area is 146 Å². The average Bonchev–Trinajstić information content (AvgIpc) is 2.77. The SMILES string of the molecule is COC(=O)[C@H]1C[NH+](CN2C(=O)NC3(CCCCCC3)C2=O)CCS1. The second kappa shape index (κ2) is 7.31. The zero-order chi connectivity index (χ0) is 17.2. The first-order valence-corrected chi connectivity index (χ1v) is 9.78. The third-order valence-electron chi connectivity index (χ3n) is 5.30. The minimum atomic E-state index is -0.681. The van der Waals surface area contributed by atoms with Crippen molar-refractivity contribution < 1.29 is 24.0 Å². The summed E-state index contributed by atoms with van der Waals surface area (Å²) >= 11 is 1.58. The standard InChI is InChI=1S/C16H25N3O4S/c1-23-13(20)12-10-18(8-9-24-12)11-19-14(21)16(17-15(19)22)6-4-2-3-5-7-16/h12H,2-11H2,1H3,(H,17,22)/p+1/t12-/m1/s1. The minimum absolute atomic E-state index is 0.0743. The fraction of sp³-hybridized carbons (Fsp3) is 0.812. The summed E-state index contributed by atoms with van der Waals surface area (Å²) in [6.07, 6.45) is 5.70. The van der Waals surface area contributed by atoms with E-state index in [1.807, 2.05) is 0 Å². The highest BCUT2D eigenvalue weighted by molar-refractivity contribution is 8.00. The lowest BCUT2D eigenvalue weighted by atomic mass is 9.90. The van der Waals surface area contributed by atoms with Crippen LogP contribution in [0.5, 0.6) is 0 Å². The smallest absolute Gasteiger partial charge is 0.329 e. The Balaban J connectivity index is 1.65. The highest BCUT2D eigenvalue weighted by Crippen LogP contribution is 2.32. The first kappa shape index (κ1) is 17.5. The maximum absolute atomic E-state index is 12.9. The van der Waals surface area contributed by atoms with Gasteiger partial charge in [0.05, 0.1) is 13.7 Å². The Morgan fingerprint density at radius 3 is 2.71 bits per heavy atom. The normalized spacial score (nSPS) is 30.1. The van der Waals surface area contributed by atoms with Crippen LogP contribution in [0, 0.1) is 0 Å². The molecular weight excluding hydrogens is 330 g/mol. The van der Waals surface area contributed by atoms with Gasteiger partial charge in [0.25, 0.3) is 5.91 Å². The molecule has 2 heterocycles. The highest BCUT2D eigenvalue weighted by Gasteiger charge is 2.52. The van der Waals surface area contributed by atoms with E-state index in [9.17, 15) is 14.4 Å². The number of hydrogen-bond acceptors (Lipinski definition) is 5. The summed E-state index contributed by atoms with van der Waals surface area (Å²) in [5.74, 6) is 0.522. The second-order valence-corrected chi connectivity index (χ2v) is 8.22. The minimum Gasteiger partial charge on any atom is -0.468 e. The van der Waals surface area contributed by atoms with E-state index in [1.54, 1.807) is 11.8 Å². The summed E-state index contributed by atoms with van der Waals surface area (Å²) in [7, 11) is 1.39. The number of carbonyl (C=O) groups is 3. The lowest BCUT2D eigenvalue weighted by Crippen LogP contribution is -3.16. The summed E-state index contributed by atoms with van der Waals surface area (Å²) in [6, 6.07) is -0.276. The Hall–Kier alpha value is -1.28. The molecule has 8 heteroatoms. The van der Waals surface area contributed by atoms with Crippen molar-refractivity contribution in [2.45, 2.75) is 49.3 Å². The van der Waals surface area contributed by atoms with Crippen LogP contribution in [0.4, 0.5) is 4.79 Å². The molecule has 7 nitrogen and oxygen atoms in total. The number of thioether (sulfide) groups is 1. The Morgan fingerprint density at radius 2 is 2.04 bits per heavy atom. The van der Waals surface area contributed by atoms with E-state index in [4.69, 9.17) is 4.74 Å². The molecule has 2 N–H and O–H groups in total. The number of nitrogens with one attached hydrogen (secondary N) is 2. The molecule has 3 amide bonds. The van der Waals surface area contributed by atoms with Crippen LogP contribution in [0.3, 0.4) is 0 Å². The third-order valence-corrected chi connectivity index (χ3v) is 6.50. The zero-order valence-corrected chi connectivity index (χ0v) is 15.0. The van der Waals surface area contributed by atoms with Gasteiger partial charge in [-0.05, 0) is 12.8 Å². The number of esters is 1. The summed E-state index contributed by atoms with van der Waals surface area (Å²) in [5.41, 5.74) is -0.681. The van der Waals surface area contributed by atoms with E-state index in [2.05, 4.69) is 5.32 Å². The molecule has 0 aromatic rings. The number of urea groups is 1. The van der Waals surface area contributed by atoms with Crippen LogP contribution in [-0.4, -0.2) is 66.2 Å². The Kier molecular flexibility index (Phi) is 5.34. The van der Waals surface area contributed by atoms with E-state index >= 15 is 0 Å². The molecule has 3 fully saturated rings. The Morgan fingerprint density at radius 1 is 1.33 bits per heavy atom. The van der Waals surface area contributed by atoms with Crippen molar-refractivity contribution in [2.24, 2.45) is 0 Å². The van der Waals surface area contributed by atoms with Crippen molar-refractivity contribution in [1.82, 2.24) is 10.2 Å². The molecule has 0 bridgehead atoms. The van der Waals surface area contributed by atoms with Gasteiger partial charge >= 0.3 is 12.0 Å². The number of quaternary nitrogens is 1. The van der Waals surface area contributed by atoms with Crippen molar-refractivity contribution in [3.8, 4) is 0 Å². The second-order valence-electron chi connectivity index (χ2n) is 6.90. The third kappa shape index (κ3) is 3.39. The molecule has 2 atom stereocenters. The van der Waals surface area contributed by atoms with Crippen molar-refractivity contribution >= 4 is 29.7 Å². The van der Waals surface area contributed by atoms with Gasteiger partial charge in [0.1, 0.15) is 12.1 Å². The van der Waals surface area contributed by atoms with E-state index in [-0.39, 0.29) is 23.2 Å². The van der Waals surface area contributed by atoms with Crippen LogP contribution in [0.15, 0.2) is 0 Å². The van der Waals surface area contributed by atoms with E-state index in [1.165, 1.54) is 12.0 Å². The summed E-state index contributed by atoms with van der Waals surface area (Å²) in [6.45, 7) is 1.75. The van der Waals surface area contributed by atoms with Crippen molar-refractivity contribution in [1.29, 1.82) is 0 Å². The molecule has 1 spiro atoms. The van der Waals surface area contributed by atoms with Gasteiger partial charge < -0.3 is 15.0 Å². The molecule has 1 saturated carbocycles. The largest absolute Gasteiger partial charge is 0.468 e. The first-order chi connectivity index (χ1) is 11.6. The zero-order valence-electron chi connectivity index (χ0n) is 14.1. The molecule has 2 saturated heterocycles. The predicted molar refractivity (Wildman–Crippen MR) is 89.6 cm³/mol. The van der Waals surface area contributed by atoms with Crippen molar-refractivity contribution in [3.63, 3.8) is 0 Å². The van der Waals surface area contributed by atoms with Crippen LogP contribution in [0.1, 0.15) is 38.5 Å². The number of nitrogens with zero attached hydrogens (tertiary/aromatic N) is 1. The molecule has 134 valence electrons. The highest BCUT2D eigenvalue weighted by atomic mass is 32.2. The molecule has 0 radical (unpaired) electrons. The number of rotatable bonds is 3. The van der Waals surface area contributed by atoms with Crippen LogP contribution in [-0.2, 0) is 14.3 Å². The fourth-order valence-corrected chi connectivity index (χ4v) is 5.19. The summed E-state index contributed by atoms with van der Waals surface area (Å²) in [4.78, 5) is 39.5. The monoisotopic (exact) mass is 356 g/mol. The molecule has 24 heavy (non-hydrogen) atoms. The van der Waals surface area contributed by atoms with Gasteiger partial charge in [0, 0.05) is 5.75 Å². The first-order valence-electron chi connectivity index (χ1n) is 8.73. The van der Waals surface area contributed by atoms with E-state index < -0.39 is 5.54 Å². The van der Waals surface area contributed by atoms with Crippen LogP contribution in [0.25, 0.3) is 0 Å². The average molecular weight is 356 g/mol. The lowest BCUT2D eigenvalue weighted by Gasteiger charge is -2.30. The number of methoxy groups -OCH3 is 1. The van der Waals surface area contributed by atoms with Gasteiger partial charge in [-0.2, -0.15) is 0 Å². The molecule has 1 aliphatic carbocycles. The summed E-state index contributed by atoms with van der Waals surface area (Å²) in [5, 5.41) is 2.75. The van der Waals surface area contributed by atoms with Crippen molar-refractivity contribution in [2.75, 3.05) is 32.6 Å². The number of imide groups is 1. The maximum Gasteiger partial charge on any atom is 0.329 e. The van der Waals surface area contributed by atoms with Crippen LogP contribution in [0.2, 0.25) is 0 Å². The van der Waals surface area contributed by atoms with Gasteiger partial charge in [-0.25, -0.2) is 9.69 Å². The van der Waals surface area contributed by atoms with Gasteiger partial charge in [-0.15, -0.1) is 11.8 Å². The molecule has 3 aliphatic rings. The van der Waals surface area contributed by atoms with Gasteiger partial charge in [-0.1, -0.05) is 25.7 Å². The molecule has 0 aromatic carbocycles. The van der Waals surface area contributed by atoms with Gasteiger partial charge in [0.2, 0.25) is 0 Å². The molecule has 2 aliphatic heterocycles. The van der Waals surface area contributed by atoms with E-state index in [0.717, 1.165) is 55.7 Å². The number of hydrogen-bond donors (Lipinski definition) is 2. The summed E-state index contributed by atoms with van der Waals surface area (Å²) < 4.78 is 4.82. The lowest BCUT2D eigenvalue weighted by molar-refractivity contribution is -0.905. The van der Waals surface area contributed by atoms with E-state index in [0.29, 0.717) is 13.2 Å². The number of carbonyl (C=O) groups excluding carboxylic acids is 3. The topological polar surface area (TPSA) is 80.2 Å². The fourth-order valence-electron chi connectivity index (χ4n) is 3.91. The van der Waals surface area contributed by atoms with Crippen LogP contribution < -0.4 is 10.2 Å². The number of amides is 3. The Bertz CT molecular complexity index is 519. The quantitative estimate of drug-likeness (QED) is 0.539. The molecule has 0 aromatic heterocycles. The maximum atomic E-state index is 12.9. The number of ether oxygens (including phenoxy) is 1. The van der Waals surface area contributed by atoms with Crippen molar-refractivity contribution in [3.05, 3.63) is 0 Å². The molecular formula is C16H26N3O4S+. The molecule has 3 rings (SSSR count). The van der Waals surface area contributed by atoms with Gasteiger partial charge in [0.15, 0.2) is 11.9 Å². The predicted octanol–water partition coefficient (Wildman–Crippen LogP) is -0.238.